The molecule has 7 heteroatoms. The molecule has 0 heterocycles. The Morgan fingerprint density at radius 3 is 2.33 bits per heavy atom. The molecule has 21 heavy (non-hydrogen) atoms. The minimum Gasteiger partial charge on any atom is -0.298 e. The van der Waals surface area contributed by atoms with Crippen LogP contribution >= 0.6 is 11.8 Å². The summed E-state index contributed by atoms with van der Waals surface area (Å²) in [4.78, 5) is 10.5. The summed E-state index contributed by atoms with van der Waals surface area (Å²) in [5.74, 6) is -1.44. The summed E-state index contributed by atoms with van der Waals surface area (Å²) in [6.07, 6.45) is -4.60. The Bertz CT molecular complexity index is 682. The van der Waals surface area contributed by atoms with E-state index in [0.29, 0.717) is 11.8 Å². The van der Waals surface area contributed by atoms with Crippen LogP contribution in [0.3, 0.4) is 0 Å². The highest BCUT2D eigenvalue weighted by atomic mass is 32.2. The fourth-order valence-electron chi connectivity index (χ4n) is 1.63. The van der Waals surface area contributed by atoms with E-state index < -0.39 is 28.9 Å². The van der Waals surface area contributed by atoms with E-state index in [1.807, 2.05) is 0 Å². The van der Waals surface area contributed by atoms with Gasteiger partial charge in [0, 0.05) is 10.5 Å². The molecule has 0 N–H and O–H groups in total. The predicted octanol–water partition coefficient (Wildman–Crippen LogP) is 4.95. The molecule has 1 nitrogen and oxygen atoms in total. The third-order valence-corrected chi connectivity index (χ3v) is 3.60. The summed E-state index contributed by atoms with van der Waals surface area (Å²) in [6, 6.07) is 5.67. The Kier molecular flexibility index (Phi) is 4.32. The standard InChI is InChI=1S/C14H7F5OS/c15-9-2-4-12(16)13(5-9)21-10-3-1-8(7-20)11(6-10)14(17,18)19/h1-7H. The summed E-state index contributed by atoms with van der Waals surface area (Å²) >= 11 is 0.647. The van der Waals surface area contributed by atoms with Gasteiger partial charge in [0.15, 0.2) is 6.29 Å². The zero-order valence-corrected chi connectivity index (χ0v) is 11.1. The number of benzene rings is 2. The molecule has 110 valence electrons. The molecular formula is C14H7F5OS. The van der Waals surface area contributed by atoms with Gasteiger partial charge in [-0.25, -0.2) is 8.78 Å². The van der Waals surface area contributed by atoms with Crippen molar-refractivity contribution in [2.45, 2.75) is 16.0 Å². The second kappa shape index (κ2) is 5.85. The Hall–Kier alpha value is -1.89. The van der Waals surface area contributed by atoms with Crippen molar-refractivity contribution in [2.75, 3.05) is 0 Å². The maximum atomic E-state index is 13.5. The lowest BCUT2D eigenvalue weighted by Crippen LogP contribution is -2.08. The third-order valence-electron chi connectivity index (χ3n) is 2.58. The van der Waals surface area contributed by atoms with Gasteiger partial charge in [-0.15, -0.1) is 0 Å². The third kappa shape index (κ3) is 3.60. The largest absolute Gasteiger partial charge is 0.417 e. The van der Waals surface area contributed by atoms with Crippen LogP contribution in [0, 0.1) is 11.6 Å². The molecule has 0 radical (unpaired) electrons. The normalized spacial score (nSPS) is 11.5. The summed E-state index contributed by atoms with van der Waals surface area (Å²) < 4.78 is 64.9. The van der Waals surface area contributed by atoms with Crippen molar-refractivity contribution in [3.8, 4) is 0 Å². The minimum atomic E-state index is -4.70. The van der Waals surface area contributed by atoms with Gasteiger partial charge < -0.3 is 0 Å². The van der Waals surface area contributed by atoms with Crippen molar-refractivity contribution in [3.05, 3.63) is 59.2 Å². The van der Waals surface area contributed by atoms with Crippen LogP contribution in [0.2, 0.25) is 0 Å². The summed E-state index contributed by atoms with van der Waals surface area (Å²) in [5.41, 5.74) is -1.62. The van der Waals surface area contributed by atoms with Gasteiger partial charge in [0.25, 0.3) is 0 Å². The zero-order valence-electron chi connectivity index (χ0n) is 10.2. The molecule has 0 fully saturated rings. The van der Waals surface area contributed by atoms with E-state index in [9.17, 15) is 26.7 Å². The quantitative estimate of drug-likeness (QED) is 0.588. The van der Waals surface area contributed by atoms with Crippen molar-refractivity contribution >= 4 is 18.0 Å². The van der Waals surface area contributed by atoms with Crippen molar-refractivity contribution in [3.63, 3.8) is 0 Å². The van der Waals surface area contributed by atoms with Gasteiger partial charge in [0.2, 0.25) is 0 Å². The van der Waals surface area contributed by atoms with Crippen LogP contribution in [0.25, 0.3) is 0 Å². The zero-order chi connectivity index (χ0) is 15.6. The van der Waals surface area contributed by atoms with Gasteiger partial charge in [0.1, 0.15) is 11.6 Å². The number of hydrogen-bond acceptors (Lipinski definition) is 2. The summed E-state index contributed by atoms with van der Waals surface area (Å²) in [7, 11) is 0. The number of carbonyl (C=O) groups excluding carboxylic acids is 1. The molecular weight excluding hydrogens is 311 g/mol. The molecule has 2 aromatic carbocycles. The van der Waals surface area contributed by atoms with E-state index in [-0.39, 0.29) is 16.1 Å². The molecule has 0 aromatic heterocycles. The van der Waals surface area contributed by atoms with E-state index in [2.05, 4.69) is 0 Å². The fourth-order valence-corrected chi connectivity index (χ4v) is 2.53. The van der Waals surface area contributed by atoms with Crippen LogP contribution in [0.1, 0.15) is 15.9 Å². The average Bonchev–Trinajstić information content (AvgIpc) is 2.42. The fraction of sp³-hybridized carbons (Fsp3) is 0.0714. The monoisotopic (exact) mass is 318 g/mol. The smallest absolute Gasteiger partial charge is 0.298 e. The summed E-state index contributed by atoms with van der Waals surface area (Å²) in [5, 5.41) is 0. The first-order chi connectivity index (χ1) is 9.81. The Labute approximate surface area is 120 Å². The average molecular weight is 318 g/mol. The van der Waals surface area contributed by atoms with Crippen LogP contribution in [-0.2, 0) is 6.18 Å². The number of carbonyl (C=O) groups is 1. The number of hydrogen-bond donors (Lipinski definition) is 0. The van der Waals surface area contributed by atoms with Gasteiger partial charge in [-0.2, -0.15) is 13.2 Å². The Morgan fingerprint density at radius 1 is 1.00 bits per heavy atom. The minimum absolute atomic E-state index is 0.0532. The van der Waals surface area contributed by atoms with Gasteiger partial charge in [-0.3, -0.25) is 4.79 Å². The maximum absolute atomic E-state index is 13.5. The first-order valence-corrected chi connectivity index (χ1v) is 6.42. The highest BCUT2D eigenvalue weighted by molar-refractivity contribution is 7.99. The van der Waals surface area contributed by atoms with Crippen LogP contribution < -0.4 is 0 Å². The van der Waals surface area contributed by atoms with E-state index >= 15 is 0 Å². The van der Waals surface area contributed by atoms with Crippen molar-refractivity contribution in [1.82, 2.24) is 0 Å². The number of halogens is 5. The molecule has 2 aromatic rings. The van der Waals surface area contributed by atoms with Crippen molar-refractivity contribution in [1.29, 1.82) is 0 Å². The summed E-state index contributed by atoms with van der Waals surface area (Å²) in [6.45, 7) is 0. The molecule has 0 aliphatic heterocycles. The van der Waals surface area contributed by atoms with Gasteiger partial charge in [0.05, 0.1) is 10.5 Å². The SMILES string of the molecule is O=Cc1ccc(Sc2cc(F)ccc2F)cc1C(F)(F)F. The second-order valence-corrected chi connectivity index (χ2v) is 5.16. The maximum Gasteiger partial charge on any atom is 0.417 e. The van der Waals surface area contributed by atoms with Crippen LogP contribution in [-0.4, -0.2) is 6.29 Å². The lowest BCUT2D eigenvalue weighted by Gasteiger charge is -2.11. The molecule has 0 amide bonds. The molecule has 0 saturated carbocycles. The lowest BCUT2D eigenvalue weighted by molar-refractivity contribution is -0.138. The Morgan fingerprint density at radius 2 is 1.71 bits per heavy atom. The lowest BCUT2D eigenvalue weighted by atomic mass is 10.1. The van der Waals surface area contributed by atoms with E-state index in [0.717, 1.165) is 30.3 Å². The topological polar surface area (TPSA) is 17.1 Å². The van der Waals surface area contributed by atoms with Gasteiger partial charge in [-0.05, 0) is 36.4 Å². The van der Waals surface area contributed by atoms with Crippen molar-refractivity contribution < 1.29 is 26.7 Å². The van der Waals surface area contributed by atoms with Crippen LogP contribution in [0.5, 0.6) is 0 Å². The molecule has 0 saturated heterocycles. The predicted molar refractivity (Wildman–Crippen MR) is 67.3 cm³/mol. The van der Waals surface area contributed by atoms with E-state index in [4.69, 9.17) is 0 Å². The molecule has 0 bridgehead atoms. The number of rotatable bonds is 3. The van der Waals surface area contributed by atoms with Gasteiger partial charge in [-0.1, -0.05) is 11.8 Å². The van der Waals surface area contributed by atoms with E-state index in [1.165, 1.54) is 6.07 Å². The number of alkyl halides is 3. The number of aldehydes is 1. The van der Waals surface area contributed by atoms with E-state index in [1.54, 1.807) is 0 Å². The first kappa shape index (κ1) is 15.5. The second-order valence-electron chi connectivity index (χ2n) is 4.04. The molecule has 0 aliphatic rings. The first-order valence-electron chi connectivity index (χ1n) is 5.60. The van der Waals surface area contributed by atoms with Gasteiger partial charge >= 0.3 is 6.18 Å². The van der Waals surface area contributed by atoms with Crippen LogP contribution in [0.15, 0.2) is 46.2 Å². The highest BCUT2D eigenvalue weighted by Crippen LogP contribution is 2.37. The molecule has 0 spiro atoms. The molecule has 0 atom stereocenters. The molecule has 0 aliphatic carbocycles. The van der Waals surface area contributed by atoms with Crippen molar-refractivity contribution in [2.24, 2.45) is 0 Å². The Balaban J connectivity index is 2.42. The highest BCUT2D eigenvalue weighted by Gasteiger charge is 2.33. The molecule has 0 unspecified atom stereocenters. The molecule has 2 rings (SSSR count). The van der Waals surface area contributed by atoms with Crippen LogP contribution in [0.4, 0.5) is 22.0 Å².